The van der Waals surface area contributed by atoms with Gasteiger partial charge in [0.1, 0.15) is 0 Å². The van der Waals surface area contributed by atoms with Gasteiger partial charge in [-0.1, -0.05) is 51.5 Å². The largest absolute Gasteiger partial charge is 0.487 e. The van der Waals surface area contributed by atoms with Crippen LogP contribution in [-0.4, -0.2) is 6.10 Å². The topological polar surface area (TPSA) is 9.23 Å². The Hall–Kier alpha value is -1.38. The number of hydrogen-bond acceptors (Lipinski definition) is 1. The number of ether oxygens (including phenoxy) is 1. The molecule has 1 unspecified atom stereocenters. The molecule has 3 aliphatic rings. The van der Waals surface area contributed by atoms with Gasteiger partial charge in [0, 0.05) is 5.56 Å². The van der Waals surface area contributed by atoms with Gasteiger partial charge in [0.05, 0.1) is 6.10 Å². The maximum absolute atomic E-state index is 14.8. The fourth-order valence-electron chi connectivity index (χ4n) is 6.22. The van der Waals surface area contributed by atoms with Crippen molar-refractivity contribution in [3.05, 3.63) is 35.4 Å². The van der Waals surface area contributed by atoms with Crippen molar-refractivity contribution in [1.82, 2.24) is 0 Å². The standard InChI is InChI=1S/C28H40F2O/c1-2-3-4-7-20-10-12-21(13-11-20)22-14-16-23(17-15-22)25-18-19-26(28(30)27(25)29)31-24-8-5-6-9-24/h16,18-22,24H,2-15,17H2,1H3. The summed E-state index contributed by atoms with van der Waals surface area (Å²) in [7, 11) is 0. The zero-order chi connectivity index (χ0) is 21.6. The molecule has 0 heterocycles. The van der Waals surface area contributed by atoms with Gasteiger partial charge in [-0.3, -0.25) is 0 Å². The minimum atomic E-state index is -0.811. The molecule has 0 N–H and O–H groups in total. The number of rotatable bonds is 8. The summed E-state index contributed by atoms with van der Waals surface area (Å²) >= 11 is 0. The first-order chi connectivity index (χ1) is 15.2. The zero-order valence-corrected chi connectivity index (χ0v) is 19.3. The molecule has 0 aliphatic heterocycles. The lowest BCUT2D eigenvalue weighted by Gasteiger charge is -2.35. The van der Waals surface area contributed by atoms with Crippen molar-refractivity contribution < 1.29 is 13.5 Å². The van der Waals surface area contributed by atoms with Crippen LogP contribution >= 0.6 is 0 Å². The van der Waals surface area contributed by atoms with Crippen LogP contribution in [0.3, 0.4) is 0 Å². The van der Waals surface area contributed by atoms with Crippen LogP contribution in [0.1, 0.15) is 109 Å². The molecule has 1 aromatic rings. The predicted octanol–water partition coefficient (Wildman–Crippen LogP) is 8.86. The number of unbranched alkanes of at least 4 members (excludes halogenated alkanes) is 2. The maximum Gasteiger partial charge on any atom is 0.201 e. The summed E-state index contributed by atoms with van der Waals surface area (Å²) in [5.41, 5.74) is 1.42. The van der Waals surface area contributed by atoms with Crippen molar-refractivity contribution in [1.29, 1.82) is 0 Å². The summed E-state index contributed by atoms with van der Waals surface area (Å²) in [5, 5.41) is 0. The third-order valence-electron chi connectivity index (χ3n) is 8.21. The molecular formula is C28H40F2O. The van der Waals surface area contributed by atoms with E-state index < -0.39 is 11.6 Å². The van der Waals surface area contributed by atoms with Gasteiger partial charge in [0.15, 0.2) is 11.6 Å². The van der Waals surface area contributed by atoms with E-state index in [-0.39, 0.29) is 11.9 Å². The molecule has 31 heavy (non-hydrogen) atoms. The molecule has 0 spiro atoms. The molecule has 4 rings (SSSR count). The lowest BCUT2D eigenvalue weighted by Crippen LogP contribution is -2.23. The predicted molar refractivity (Wildman–Crippen MR) is 124 cm³/mol. The Labute approximate surface area is 187 Å². The molecule has 0 saturated heterocycles. The van der Waals surface area contributed by atoms with Crippen molar-refractivity contribution in [3.8, 4) is 5.75 Å². The minimum Gasteiger partial charge on any atom is -0.487 e. The molecule has 1 aromatic carbocycles. The SMILES string of the molecule is CCCCCC1CCC(C2CC=C(c3ccc(OC4CCCC4)c(F)c3F)CC2)CC1. The van der Waals surface area contributed by atoms with Crippen LogP contribution < -0.4 is 4.74 Å². The van der Waals surface area contributed by atoms with Gasteiger partial charge < -0.3 is 4.74 Å². The first-order valence-corrected chi connectivity index (χ1v) is 13.0. The average Bonchev–Trinajstić information content (AvgIpc) is 3.31. The third kappa shape index (κ3) is 5.71. The molecule has 2 saturated carbocycles. The van der Waals surface area contributed by atoms with Gasteiger partial charge in [0.2, 0.25) is 5.82 Å². The summed E-state index contributed by atoms with van der Waals surface area (Å²) < 4.78 is 35.2. The Bertz CT molecular complexity index is 742. The molecule has 0 aromatic heterocycles. The van der Waals surface area contributed by atoms with Gasteiger partial charge in [-0.05, 0) is 93.2 Å². The van der Waals surface area contributed by atoms with Crippen LogP contribution in [0, 0.1) is 29.4 Å². The van der Waals surface area contributed by atoms with Crippen LogP contribution in [0.5, 0.6) is 5.75 Å². The van der Waals surface area contributed by atoms with Crippen LogP contribution in [0.4, 0.5) is 8.78 Å². The highest BCUT2D eigenvalue weighted by molar-refractivity contribution is 5.67. The lowest BCUT2D eigenvalue weighted by atomic mass is 9.70. The van der Waals surface area contributed by atoms with Crippen LogP contribution in [-0.2, 0) is 0 Å². The Morgan fingerprint density at radius 2 is 1.65 bits per heavy atom. The molecule has 0 radical (unpaired) electrons. The number of halogens is 2. The van der Waals surface area contributed by atoms with Crippen LogP contribution in [0.15, 0.2) is 18.2 Å². The molecule has 3 aliphatic carbocycles. The summed E-state index contributed by atoms with van der Waals surface area (Å²) in [6.45, 7) is 2.28. The Morgan fingerprint density at radius 3 is 2.32 bits per heavy atom. The normalized spacial score (nSPS) is 27.3. The van der Waals surface area contributed by atoms with E-state index in [1.807, 2.05) is 0 Å². The molecule has 3 heteroatoms. The highest BCUT2D eigenvalue weighted by Gasteiger charge is 2.29. The highest BCUT2D eigenvalue weighted by Crippen LogP contribution is 2.43. The van der Waals surface area contributed by atoms with E-state index in [1.165, 1.54) is 51.4 Å². The van der Waals surface area contributed by atoms with E-state index in [4.69, 9.17) is 4.74 Å². The second-order valence-electron chi connectivity index (χ2n) is 10.3. The lowest BCUT2D eigenvalue weighted by molar-refractivity contribution is 0.187. The smallest absolute Gasteiger partial charge is 0.201 e. The Kier molecular flexibility index (Phi) is 8.07. The van der Waals surface area contributed by atoms with E-state index in [9.17, 15) is 8.78 Å². The fourth-order valence-corrected chi connectivity index (χ4v) is 6.22. The molecule has 2 fully saturated rings. The second-order valence-corrected chi connectivity index (χ2v) is 10.3. The van der Waals surface area contributed by atoms with Crippen molar-refractivity contribution >= 4 is 5.57 Å². The quantitative estimate of drug-likeness (QED) is 0.374. The Morgan fingerprint density at radius 1 is 0.871 bits per heavy atom. The van der Waals surface area contributed by atoms with Gasteiger partial charge in [-0.15, -0.1) is 0 Å². The van der Waals surface area contributed by atoms with E-state index in [1.54, 1.807) is 12.1 Å². The molecular weight excluding hydrogens is 390 g/mol. The first-order valence-electron chi connectivity index (χ1n) is 13.0. The average molecular weight is 431 g/mol. The van der Waals surface area contributed by atoms with Crippen molar-refractivity contribution in [2.45, 2.75) is 109 Å². The number of allylic oxidation sites excluding steroid dienone is 2. The van der Waals surface area contributed by atoms with Gasteiger partial charge >= 0.3 is 0 Å². The van der Waals surface area contributed by atoms with E-state index in [2.05, 4.69) is 13.0 Å². The highest BCUT2D eigenvalue weighted by atomic mass is 19.2. The number of benzene rings is 1. The summed E-state index contributed by atoms with van der Waals surface area (Å²) in [5.74, 6) is 1.03. The van der Waals surface area contributed by atoms with Gasteiger partial charge in [-0.25, -0.2) is 4.39 Å². The van der Waals surface area contributed by atoms with Gasteiger partial charge in [0.25, 0.3) is 0 Å². The Balaban J connectivity index is 1.31. The number of hydrogen-bond donors (Lipinski definition) is 0. The van der Waals surface area contributed by atoms with E-state index in [0.717, 1.165) is 68.3 Å². The van der Waals surface area contributed by atoms with E-state index in [0.29, 0.717) is 5.56 Å². The summed E-state index contributed by atoms with van der Waals surface area (Å²) in [6, 6.07) is 3.37. The van der Waals surface area contributed by atoms with Crippen molar-refractivity contribution in [3.63, 3.8) is 0 Å². The second kappa shape index (κ2) is 11.0. The minimum absolute atomic E-state index is 0.0381. The summed E-state index contributed by atoms with van der Waals surface area (Å²) in [6.07, 6.45) is 20.3. The molecule has 172 valence electrons. The first kappa shape index (κ1) is 22.8. The molecule has 0 bridgehead atoms. The summed E-state index contributed by atoms with van der Waals surface area (Å²) in [4.78, 5) is 0. The zero-order valence-electron chi connectivity index (χ0n) is 19.3. The molecule has 0 amide bonds. The molecule has 1 atom stereocenters. The van der Waals surface area contributed by atoms with Gasteiger partial charge in [-0.2, -0.15) is 4.39 Å². The third-order valence-corrected chi connectivity index (χ3v) is 8.21. The monoisotopic (exact) mass is 430 g/mol. The van der Waals surface area contributed by atoms with Crippen LogP contribution in [0.25, 0.3) is 5.57 Å². The van der Waals surface area contributed by atoms with Crippen LogP contribution in [0.2, 0.25) is 0 Å². The maximum atomic E-state index is 14.8. The fraction of sp³-hybridized carbons (Fsp3) is 0.714. The van der Waals surface area contributed by atoms with Crippen molar-refractivity contribution in [2.24, 2.45) is 17.8 Å². The van der Waals surface area contributed by atoms with E-state index >= 15 is 0 Å². The molecule has 1 nitrogen and oxygen atoms in total. The van der Waals surface area contributed by atoms with Crippen molar-refractivity contribution in [2.75, 3.05) is 0 Å².